The largest absolute Gasteiger partial charge is 0.298 e. The van der Waals surface area contributed by atoms with Gasteiger partial charge < -0.3 is 0 Å². The molecule has 0 aliphatic carbocycles. The normalized spacial score (nSPS) is 10.2. The number of nitrogens with zero attached hydrogens (tertiary/aromatic N) is 2. The summed E-state index contributed by atoms with van der Waals surface area (Å²) in [7, 11) is 0. The van der Waals surface area contributed by atoms with Gasteiger partial charge in [-0.3, -0.25) is 10.1 Å². The zero-order valence-electron chi connectivity index (χ0n) is 13.1. The van der Waals surface area contributed by atoms with Gasteiger partial charge in [-0.1, -0.05) is 29.8 Å². The number of rotatable bonds is 4. The van der Waals surface area contributed by atoms with Crippen molar-refractivity contribution in [1.29, 1.82) is 5.26 Å². The van der Waals surface area contributed by atoms with Crippen LogP contribution in [0.5, 0.6) is 0 Å². The van der Waals surface area contributed by atoms with Gasteiger partial charge >= 0.3 is 0 Å². The Hall–Kier alpha value is -2.97. The van der Waals surface area contributed by atoms with Crippen molar-refractivity contribution < 1.29 is 4.79 Å². The molecule has 0 fully saturated rings. The van der Waals surface area contributed by atoms with Crippen LogP contribution in [0.1, 0.15) is 31.9 Å². The Bertz CT molecular complexity index is 890. The lowest BCUT2D eigenvalue weighted by Crippen LogP contribution is -2.11. The minimum atomic E-state index is -0.158. The molecule has 3 aromatic rings. The van der Waals surface area contributed by atoms with E-state index in [-0.39, 0.29) is 5.91 Å². The number of anilines is 1. The molecule has 4 nitrogen and oxygen atoms in total. The van der Waals surface area contributed by atoms with Crippen molar-refractivity contribution in [2.45, 2.75) is 13.3 Å². The summed E-state index contributed by atoms with van der Waals surface area (Å²) in [6.07, 6.45) is 2.50. The number of nitrogens with one attached hydrogen (secondary N) is 1. The number of aromatic nitrogens is 1. The molecule has 1 aromatic heterocycles. The lowest BCUT2D eigenvalue weighted by molar-refractivity contribution is 0.102. The molecule has 0 spiro atoms. The van der Waals surface area contributed by atoms with Gasteiger partial charge in [0.05, 0.1) is 11.6 Å². The van der Waals surface area contributed by atoms with Crippen LogP contribution in [0.3, 0.4) is 0 Å². The van der Waals surface area contributed by atoms with Gasteiger partial charge in [0.2, 0.25) is 0 Å². The molecule has 0 bridgehead atoms. The summed E-state index contributed by atoms with van der Waals surface area (Å²) in [4.78, 5) is 17.5. The molecule has 5 heteroatoms. The molecule has 118 valence electrons. The maximum absolute atomic E-state index is 12.2. The molecule has 0 unspecified atom stereocenters. The minimum absolute atomic E-state index is 0.158. The van der Waals surface area contributed by atoms with Crippen LogP contribution >= 0.6 is 11.3 Å². The number of nitriles is 1. The van der Waals surface area contributed by atoms with Crippen LogP contribution in [0, 0.1) is 18.3 Å². The molecule has 0 aliphatic heterocycles. The van der Waals surface area contributed by atoms with Gasteiger partial charge in [-0.2, -0.15) is 5.26 Å². The number of amides is 1. The Labute approximate surface area is 144 Å². The van der Waals surface area contributed by atoms with Gasteiger partial charge in [0.15, 0.2) is 5.13 Å². The zero-order chi connectivity index (χ0) is 16.9. The van der Waals surface area contributed by atoms with Crippen LogP contribution in [0.25, 0.3) is 0 Å². The first-order chi connectivity index (χ1) is 11.6. The summed E-state index contributed by atoms with van der Waals surface area (Å²) >= 11 is 1.46. The Morgan fingerprint density at radius 2 is 1.88 bits per heavy atom. The van der Waals surface area contributed by atoms with Crippen molar-refractivity contribution in [3.8, 4) is 6.07 Å². The van der Waals surface area contributed by atoms with Crippen molar-refractivity contribution in [2.24, 2.45) is 0 Å². The number of thiazole rings is 1. The molecule has 0 atom stereocenters. The average molecular weight is 333 g/mol. The average Bonchev–Trinajstić information content (AvgIpc) is 3.03. The Balaban J connectivity index is 1.65. The molecular formula is C19H15N3OS. The molecule has 0 saturated carbocycles. The summed E-state index contributed by atoms with van der Waals surface area (Å²) < 4.78 is 0. The van der Waals surface area contributed by atoms with E-state index < -0.39 is 0 Å². The van der Waals surface area contributed by atoms with E-state index in [1.165, 1.54) is 11.3 Å². The number of aryl methyl sites for hydroxylation is 1. The molecule has 3 rings (SSSR count). The Morgan fingerprint density at radius 3 is 2.54 bits per heavy atom. The van der Waals surface area contributed by atoms with Gasteiger partial charge in [-0.05, 0) is 36.8 Å². The SMILES string of the molecule is Cc1ccc(C(=O)Nc2ncc(Cc3ccc(C#N)cc3)s2)cc1. The maximum atomic E-state index is 12.2. The monoisotopic (exact) mass is 333 g/mol. The highest BCUT2D eigenvalue weighted by Gasteiger charge is 2.09. The second-order valence-electron chi connectivity index (χ2n) is 5.44. The third-order valence-electron chi connectivity index (χ3n) is 3.55. The van der Waals surface area contributed by atoms with Gasteiger partial charge in [-0.25, -0.2) is 4.98 Å². The summed E-state index contributed by atoms with van der Waals surface area (Å²) in [5.74, 6) is -0.158. The lowest BCUT2D eigenvalue weighted by atomic mass is 10.1. The summed E-state index contributed by atoms with van der Waals surface area (Å²) in [5.41, 5.74) is 3.48. The fourth-order valence-electron chi connectivity index (χ4n) is 2.22. The van der Waals surface area contributed by atoms with Crippen molar-refractivity contribution in [1.82, 2.24) is 4.98 Å². The Kier molecular flexibility index (Phi) is 4.69. The van der Waals surface area contributed by atoms with E-state index in [1.54, 1.807) is 30.5 Å². The van der Waals surface area contributed by atoms with Crippen LogP contribution in [-0.2, 0) is 6.42 Å². The third-order valence-corrected chi connectivity index (χ3v) is 4.46. The highest BCUT2D eigenvalue weighted by Crippen LogP contribution is 2.22. The molecule has 2 aromatic carbocycles. The molecule has 1 N–H and O–H groups in total. The first kappa shape index (κ1) is 15.9. The van der Waals surface area contributed by atoms with Crippen molar-refractivity contribution in [2.75, 3.05) is 5.32 Å². The number of carbonyl (C=O) groups excluding carboxylic acids is 1. The number of benzene rings is 2. The summed E-state index contributed by atoms with van der Waals surface area (Å²) in [5, 5.41) is 12.2. The highest BCUT2D eigenvalue weighted by atomic mass is 32.1. The van der Waals surface area contributed by atoms with Crippen LogP contribution < -0.4 is 5.32 Å². The number of carbonyl (C=O) groups is 1. The van der Waals surface area contributed by atoms with E-state index in [0.29, 0.717) is 16.3 Å². The summed E-state index contributed by atoms with van der Waals surface area (Å²) in [6, 6.07) is 17.0. The van der Waals surface area contributed by atoms with E-state index in [9.17, 15) is 4.79 Å². The highest BCUT2D eigenvalue weighted by molar-refractivity contribution is 7.15. The van der Waals surface area contributed by atoms with Gasteiger partial charge in [0.25, 0.3) is 5.91 Å². The van der Waals surface area contributed by atoms with E-state index in [0.717, 1.165) is 22.4 Å². The second-order valence-corrected chi connectivity index (χ2v) is 6.55. The van der Waals surface area contributed by atoms with Crippen molar-refractivity contribution >= 4 is 22.4 Å². The van der Waals surface area contributed by atoms with Crippen LogP contribution in [-0.4, -0.2) is 10.9 Å². The van der Waals surface area contributed by atoms with E-state index in [4.69, 9.17) is 5.26 Å². The fourth-order valence-corrected chi connectivity index (χ4v) is 3.06. The molecule has 0 aliphatic rings. The molecule has 24 heavy (non-hydrogen) atoms. The van der Waals surface area contributed by atoms with E-state index in [1.807, 2.05) is 31.2 Å². The topological polar surface area (TPSA) is 65.8 Å². The third kappa shape index (κ3) is 3.86. The molecule has 1 heterocycles. The molecular weight excluding hydrogens is 318 g/mol. The van der Waals surface area contributed by atoms with Crippen LogP contribution in [0.15, 0.2) is 54.7 Å². The predicted octanol–water partition coefficient (Wildman–Crippen LogP) is 4.17. The van der Waals surface area contributed by atoms with Crippen molar-refractivity contribution in [3.05, 3.63) is 81.9 Å². The predicted molar refractivity (Wildman–Crippen MR) is 95.2 cm³/mol. The van der Waals surface area contributed by atoms with E-state index in [2.05, 4.69) is 16.4 Å². The molecule has 1 amide bonds. The quantitative estimate of drug-likeness (QED) is 0.779. The minimum Gasteiger partial charge on any atom is -0.298 e. The number of hydrogen-bond donors (Lipinski definition) is 1. The molecule has 0 radical (unpaired) electrons. The lowest BCUT2D eigenvalue weighted by Gasteiger charge is -2.02. The van der Waals surface area contributed by atoms with Gasteiger partial charge in [-0.15, -0.1) is 11.3 Å². The van der Waals surface area contributed by atoms with Crippen LogP contribution in [0.2, 0.25) is 0 Å². The zero-order valence-corrected chi connectivity index (χ0v) is 13.9. The fraction of sp³-hybridized carbons (Fsp3) is 0.105. The first-order valence-corrected chi connectivity index (χ1v) is 8.27. The van der Waals surface area contributed by atoms with Gasteiger partial charge in [0, 0.05) is 23.1 Å². The van der Waals surface area contributed by atoms with Crippen LogP contribution in [0.4, 0.5) is 5.13 Å². The first-order valence-electron chi connectivity index (χ1n) is 7.46. The summed E-state index contributed by atoms with van der Waals surface area (Å²) in [6.45, 7) is 1.98. The maximum Gasteiger partial charge on any atom is 0.257 e. The smallest absolute Gasteiger partial charge is 0.257 e. The standard InChI is InChI=1S/C19H15N3OS/c1-13-2-8-16(9-3-13)18(23)22-19-21-12-17(24-19)10-14-4-6-15(11-20)7-5-14/h2-9,12H,10H2,1H3,(H,21,22,23). The molecule has 0 saturated heterocycles. The van der Waals surface area contributed by atoms with Crippen molar-refractivity contribution in [3.63, 3.8) is 0 Å². The second kappa shape index (κ2) is 7.07. The van der Waals surface area contributed by atoms with Gasteiger partial charge in [0.1, 0.15) is 0 Å². The number of hydrogen-bond acceptors (Lipinski definition) is 4. The van der Waals surface area contributed by atoms with E-state index >= 15 is 0 Å². The Morgan fingerprint density at radius 1 is 1.17 bits per heavy atom.